The van der Waals surface area contributed by atoms with Gasteiger partial charge >= 0.3 is 5.97 Å². The number of ether oxygens (including phenoxy) is 3. The number of nitrogens with zero attached hydrogens (tertiary/aromatic N) is 1. The summed E-state index contributed by atoms with van der Waals surface area (Å²) in [7, 11) is 1.54. The van der Waals surface area contributed by atoms with Crippen LogP contribution in [0.1, 0.15) is 39.1 Å². The van der Waals surface area contributed by atoms with Gasteiger partial charge < -0.3 is 19.9 Å². The number of hydrogen-bond acceptors (Lipinski definition) is 6. The van der Waals surface area contributed by atoms with Gasteiger partial charge in [-0.2, -0.15) is 0 Å². The lowest BCUT2D eigenvalue weighted by molar-refractivity contribution is -0.191. The molecule has 146 valence electrons. The van der Waals surface area contributed by atoms with Gasteiger partial charge in [0.25, 0.3) is 5.91 Å². The van der Waals surface area contributed by atoms with Gasteiger partial charge in [0.05, 0.1) is 17.2 Å². The lowest BCUT2D eigenvalue weighted by atomic mass is 10.0. The third kappa shape index (κ3) is 5.03. The van der Waals surface area contributed by atoms with Crippen molar-refractivity contribution in [2.45, 2.75) is 31.3 Å². The molecular weight excluding hydrogens is 360 g/mol. The Morgan fingerprint density at radius 1 is 1.21 bits per heavy atom. The van der Waals surface area contributed by atoms with Crippen LogP contribution >= 0.6 is 0 Å². The number of amides is 1. The average molecular weight is 382 g/mol. The quantitative estimate of drug-likeness (QED) is 0.771. The Bertz CT molecular complexity index is 853. The third-order valence-electron chi connectivity index (χ3n) is 4.43. The highest BCUT2D eigenvalue weighted by molar-refractivity contribution is 5.96. The molecule has 0 aliphatic carbocycles. The summed E-state index contributed by atoms with van der Waals surface area (Å²) >= 11 is 0. The van der Waals surface area contributed by atoms with Crippen molar-refractivity contribution in [1.29, 1.82) is 0 Å². The fourth-order valence-corrected chi connectivity index (χ4v) is 3.01. The molecule has 1 aromatic heterocycles. The van der Waals surface area contributed by atoms with Gasteiger partial charge in [0.15, 0.2) is 6.29 Å². The van der Waals surface area contributed by atoms with Crippen LogP contribution in [0.2, 0.25) is 0 Å². The van der Waals surface area contributed by atoms with Crippen LogP contribution in [-0.2, 0) is 14.2 Å². The van der Waals surface area contributed by atoms with Gasteiger partial charge in [0, 0.05) is 32.3 Å². The fraction of sp³-hybridized carbons (Fsp3) is 0.286. The second-order valence-corrected chi connectivity index (χ2v) is 6.39. The van der Waals surface area contributed by atoms with Crippen LogP contribution in [0.5, 0.6) is 0 Å². The zero-order valence-electron chi connectivity index (χ0n) is 15.5. The van der Waals surface area contributed by atoms with Crippen LogP contribution < -0.4 is 5.73 Å². The summed E-state index contributed by atoms with van der Waals surface area (Å²) in [6, 6.07) is 10.5. The number of pyridine rings is 1. The molecule has 0 radical (unpaired) electrons. The number of nitrogens with two attached hydrogens (primary N) is 1. The van der Waals surface area contributed by atoms with E-state index in [4.69, 9.17) is 19.9 Å². The molecule has 28 heavy (non-hydrogen) atoms. The fourth-order valence-electron chi connectivity index (χ4n) is 3.01. The maximum absolute atomic E-state index is 12.3. The summed E-state index contributed by atoms with van der Waals surface area (Å²) in [6.45, 7) is 0. The topological polar surface area (TPSA) is 101 Å². The van der Waals surface area contributed by atoms with Crippen LogP contribution in [-0.4, -0.2) is 42.5 Å². The van der Waals surface area contributed by atoms with Gasteiger partial charge in [0.2, 0.25) is 0 Å². The molecule has 1 amide bonds. The number of hydrogen-bond donors (Lipinski definition) is 1. The summed E-state index contributed by atoms with van der Waals surface area (Å²) in [6.07, 6.45) is 6.28. The summed E-state index contributed by atoms with van der Waals surface area (Å²) in [5.41, 5.74) is 6.84. The van der Waals surface area contributed by atoms with Crippen molar-refractivity contribution in [3.63, 3.8) is 0 Å². The van der Waals surface area contributed by atoms with E-state index in [2.05, 4.69) is 4.98 Å². The number of esters is 1. The summed E-state index contributed by atoms with van der Waals surface area (Å²) in [5.74, 6) is -0.933. The first-order valence-corrected chi connectivity index (χ1v) is 8.93. The van der Waals surface area contributed by atoms with Crippen LogP contribution in [0.4, 0.5) is 0 Å². The Kier molecular flexibility index (Phi) is 6.52. The number of benzene rings is 1. The van der Waals surface area contributed by atoms with Crippen molar-refractivity contribution in [3.8, 4) is 0 Å². The predicted molar refractivity (Wildman–Crippen MR) is 102 cm³/mol. The number of primary amides is 1. The van der Waals surface area contributed by atoms with E-state index in [1.54, 1.807) is 55.8 Å². The van der Waals surface area contributed by atoms with E-state index in [0.29, 0.717) is 29.5 Å². The Hall–Kier alpha value is -3.03. The minimum Gasteiger partial charge on any atom is -0.458 e. The molecule has 2 heterocycles. The van der Waals surface area contributed by atoms with Gasteiger partial charge in [-0.25, -0.2) is 4.79 Å². The molecule has 2 N–H and O–H groups in total. The molecule has 0 unspecified atom stereocenters. The molecule has 7 heteroatoms. The summed E-state index contributed by atoms with van der Waals surface area (Å²) in [5, 5.41) is 0. The SMILES string of the molecule is CO[C@@H]1C[C@@H](OC(=O)c2ccccc2)C[C@@H](/C=C/c2ccncc2C(N)=O)O1. The Morgan fingerprint density at radius 2 is 2.00 bits per heavy atom. The second kappa shape index (κ2) is 9.25. The molecule has 3 atom stereocenters. The van der Waals surface area contributed by atoms with Gasteiger partial charge in [-0.05, 0) is 23.8 Å². The minimum absolute atomic E-state index is 0.324. The van der Waals surface area contributed by atoms with Crippen molar-refractivity contribution >= 4 is 18.0 Å². The first-order valence-electron chi connectivity index (χ1n) is 8.93. The van der Waals surface area contributed by atoms with E-state index in [0.717, 1.165) is 0 Å². The van der Waals surface area contributed by atoms with E-state index in [9.17, 15) is 9.59 Å². The van der Waals surface area contributed by atoms with Crippen molar-refractivity contribution in [2.24, 2.45) is 5.73 Å². The van der Waals surface area contributed by atoms with E-state index in [-0.39, 0.29) is 18.2 Å². The van der Waals surface area contributed by atoms with Gasteiger partial charge in [-0.15, -0.1) is 0 Å². The highest BCUT2D eigenvalue weighted by Gasteiger charge is 2.31. The molecule has 1 saturated heterocycles. The van der Waals surface area contributed by atoms with E-state index >= 15 is 0 Å². The standard InChI is InChI=1S/C21H22N2O5/c1-26-19-12-17(28-21(25)15-5-3-2-4-6-15)11-16(27-19)8-7-14-9-10-23-13-18(14)20(22)24/h2-10,13,16-17,19H,11-12H2,1H3,(H2,22,24)/b8-7+/t16-,17+,19+/m1/s1. The van der Waals surface area contributed by atoms with Crippen LogP contribution in [0.3, 0.4) is 0 Å². The van der Waals surface area contributed by atoms with Gasteiger partial charge in [0.1, 0.15) is 6.10 Å². The molecule has 1 aromatic carbocycles. The third-order valence-corrected chi connectivity index (χ3v) is 4.43. The highest BCUT2D eigenvalue weighted by Crippen LogP contribution is 2.25. The van der Waals surface area contributed by atoms with Crippen LogP contribution in [0.15, 0.2) is 54.9 Å². The first kappa shape index (κ1) is 19.7. The Morgan fingerprint density at radius 3 is 2.71 bits per heavy atom. The second-order valence-electron chi connectivity index (χ2n) is 6.39. The number of carbonyl (C=O) groups excluding carboxylic acids is 2. The number of aromatic nitrogens is 1. The van der Waals surface area contributed by atoms with Crippen molar-refractivity contribution < 1.29 is 23.8 Å². The molecule has 0 saturated carbocycles. The number of methoxy groups -OCH3 is 1. The van der Waals surface area contributed by atoms with Gasteiger partial charge in [-0.1, -0.05) is 30.4 Å². The molecule has 1 aliphatic rings. The van der Waals surface area contributed by atoms with Crippen LogP contribution in [0.25, 0.3) is 6.08 Å². The molecule has 7 nitrogen and oxygen atoms in total. The zero-order valence-corrected chi connectivity index (χ0v) is 15.5. The summed E-state index contributed by atoms with van der Waals surface area (Å²) < 4.78 is 16.8. The van der Waals surface area contributed by atoms with Crippen LogP contribution in [0, 0.1) is 0 Å². The van der Waals surface area contributed by atoms with Crippen molar-refractivity contribution in [2.75, 3.05) is 7.11 Å². The molecule has 0 bridgehead atoms. The number of carbonyl (C=O) groups is 2. The van der Waals surface area contributed by atoms with Gasteiger partial charge in [-0.3, -0.25) is 9.78 Å². The Balaban J connectivity index is 1.70. The van der Waals surface area contributed by atoms with Crippen molar-refractivity contribution in [3.05, 3.63) is 71.6 Å². The maximum atomic E-state index is 12.3. The van der Waals surface area contributed by atoms with E-state index in [1.165, 1.54) is 6.20 Å². The first-order chi connectivity index (χ1) is 13.6. The minimum atomic E-state index is -0.554. The maximum Gasteiger partial charge on any atom is 0.338 e. The molecular formula is C21H22N2O5. The average Bonchev–Trinajstić information content (AvgIpc) is 2.72. The highest BCUT2D eigenvalue weighted by atomic mass is 16.7. The Labute approximate surface area is 163 Å². The number of rotatable bonds is 6. The molecule has 1 fully saturated rings. The normalized spacial score (nSPS) is 22.1. The zero-order chi connectivity index (χ0) is 19.9. The smallest absolute Gasteiger partial charge is 0.338 e. The largest absolute Gasteiger partial charge is 0.458 e. The van der Waals surface area contributed by atoms with E-state index < -0.39 is 12.2 Å². The van der Waals surface area contributed by atoms with E-state index in [1.807, 2.05) is 6.07 Å². The summed E-state index contributed by atoms with van der Waals surface area (Å²) in [4.78, 5) is 27.8. The molecule has 2 aromatic rings. The molecule has 1 aliphatic heterocycles. The molecule has 3 rings (SSSR count). The lowest BCUT2D eigenvalue weighted by Crippen LogP contribution is -2.38. The monoisotopic (exact) mass is 382 g/mol. The lowest BCUT2D eigenvalue weighted by Gasteiger charge is -2.33. The molecule has 0 spiro atoms. The van der Waals surface area contributed by atoms with Crippen molar-refractivity contribution in [1.82, 2.24) is 4.98 Å². The predicted octanol–water partition coefficient (Wildman–Crippen LogP) is 2.57.